The van der Waals surface area contributed by atoms with E-state index in [4.69, 9.17) is 5.26 Å². The Morgan fingerprint density at radius 2 is 1.92 bits per heavy atom. The number of hydrogen-bond donors (Lipinski definition) is 1. The van der Waals surface area contributed by atoms with Gasteiger partial charge in [-0.15, -0.1) is 0 Å². The van der Waals surface area contributed by atoms with E-state index >= 15 is 0 Å². The molecule has 6 nitrogen and oxygen atoms in total. The number of fused-ring (bicyclic) bond motifs is 1. The number of anilines is 1. The van der Waals surface area contributed by atoms with Crippen LogP contribution in [0.2, 0.25) is 0 Å². The maximum atomic E-state index is 12.2. The molecule has 0 atom stereocenters. The predicted molar refractivity (Wildman–Crippen MR) is 91.8 cm³/mol. The first-order valence-corrected chi connectivity index (χ1v) is 9.50. The second kappa shape index (κ2) is 6.03. The molecule has 8 heteroatoms. The lowest BCUT2D eigenvalue weighted by molar-refractivity contribution is 0.102. The molecule has 3 aromatic rings. The van der Waals surface area contributed by atoms with Crippen molar-refractivity contribution >= 4 is 42.4 Å². The number of aromatic nitrogens is 1. The molecule has 0 radical (unpaired) electrons. The molecule has 0 aliphatic heterocycles. The van der Waals surface area contributed by atoms with E-state index < -0.39 is 9.84 Å². The van der Waals surface area contributed by atoms with Gasteiger partial charge < -0.3 is 0 Å². The summed E-state index contributed by atoms with van der Waals surface area (Å²) < 4.78 is 23.9. The summed E-state index contributed by atoms with van der Waals surface area (Å²) in [5.74, 6) is -0.345. The molecule has 1 N–H and O–H groups in total. The van der Waals surface area contributed by atoms with Gasteiger partial charge in [0.05, 0.1) is 26.7 Å². The third-order valence-electron chi connectivity index (χ3n) is 3.28. The molecule has 0 bridgehead atoms. The van der Waals surface area contributed by atoms with Crippen molar-refractivity contribution in [3.05, 3.63) is 53.6 Å². The van der Waals surface area contributed by atoms with Gasteiger partial charge in [-0.25, -0.2) is 13.4 Å². The van der Waals surface area contributed by atoms with Gasteiger partial charge >= 0.3 is 0 Å². The summed E-state index contributed by atoms with van der Waals surface area (Å²) in [6.07, 6.45) is 1.14. The largest absolute Gasteiger partial charge is 0.298 e. The minimum Gasteiger partial charge on any atom is -0.298 e. The van der Waals surface area contributed by atoms with Crippen molar-refractivity contribution < 1.29 is 13.2 Å². The number of carbonyl (C=O) groups excluding carboxylic acids is 1. The fourth-order valence-electron chi connectivity index (χ4n) is 2.05. The van der Waals surface area contributed by atoms with Crippen molar-refractivity contribution in [2.45, 2.75) is 4.90 Å². The number of hydrogen-bond acceptors (Lipinski definition) is 6. The van der Waals surface area contributed by atoms with Gasteiger partial charge in [-0.05, 0) is 42.5 Å². The average molecular weight is 357 g/mol. The van der Waals surface area contributed by atoms with E-state index in [1.807, 2.05) is 6.07 Å². The number of amides is 1. The van der Waals surface area contributed by atoms with Gasteiger partial charge in [-0.1, -0.05) is 11.3 Å². The Morgan fingerprint density at radius 1 is 1.21 bits per heavy atom. The first-order valence-electron chi connectivity index (χ1n) is 6.79. The van der Waals surface area contributed by atoms with Crippen LogP contribution in [0.15, 0.2) is 47.4 Å². The third kappa shape index (κ3) is 3.27. The molecule has 0 aliphatic carbocycles. The third-order valence-corrected chi connectivity index (χ3v) is 5.33. The predicted octanol–water partition coefficient (Wildman–Crippen LogP) is 2.82. The van der Waals surface area contributed by atoms with Crippen LogP contribution in [-0.4, -0.2) is 25.6 Å². The van der Waals surface area contributed by atoms with E-state index in [2.05, 4.69) is 10.3 Å². The fraction of sp³-hybridized carbons (Fsp3) is 0.0625. The Bertz CT molecular complexity index is 1080. The molecular formula is C16H11N3O3S2. The van der Waals surface area contributed by atoms with E-state index in [9.17, 15) is 13.2 Å². The standard InChI is InChI=1S/C16H11N3O3S2/c1-24(21,22)12-6-7-13-14(8-12)23-16(18-13)19-15(20)11-4-2-10(9-17)3-5-11/h2-8H,1H3,(H,18,19,20). The highest BCUT2D eigenvalue weighted by molar-refractivity contribution is 7.90. The number of nitriles is 1. The van der Waals surface area contributed by atoms with Crippen LogP contribution < -0.4 is 5.32 Å². The van der Waals surface area contributed by atoms with Gasteiger partial charge in [-0.2, -0.15) is 5.26 Å². The highest BCUT2D eigenvalue weighted by Crippen LogP contribution is 2.28. The molecule has 0 spiro atoms. The van der Waals surface area contributed by atoms with Gasteiger partial charge in [0, 0.05) is 11.8 Å². The molecule has 0 unspecified atom stereocenters. The molecular weight excluding hydrogens is 346 g/mol. The highest BCUT2D eigenvalue weighted by Gasteiger charge is 2.13. The maximum absolute atomic E-state index is 12.2. The van der Waals surface area contributed by atoms with Crippen LogP contribution in [0.4, 0.5) is 5.13 Å². The molecule has 0 fully saturated rings. The summed E-state index contributed by atoms with van der Waals surface area (Å²) in [6.45, 7) is 0. The number of sulfone groups is 1. The lowest BCUT2D eigenvalue weighted by Gasteiger charge is -2.01. The number of thiazole rings is 1. The number of carbonyl (C=O) groups is 1. The van der Waals surface area contributed by atoms with Gasteiger partial charge in [0.2, 0.25) is 0 Å². The first kappa shape index (κ1) is 16.1. The summed E-state index contributed by atoms with van der Waals surface area (Å²) in [4.78, 5) is 16.7. The summed E-state index contributed by atoms with van der Waals surface area (Å²) in [5.41, 5.74) is 1.49. The van der Waals surface area contributed by atoms with Crippen molar-refractivity contribution in [2.75, 3.05) is 11.6 Å². The lowest BCUT2D eigenvalue weighted by atomic mass is 10.1. The van der Waals surface area contributed by atoms with Crippen LogP contribution >= 0.6 is 11.3 Å². The second-order valence-electron chi connectivity index (χ2n) is 5.06. The minimum absolute atomic E-state index is 0.212. The molecule has 120 valence electrons. The Hall–Kier alpha value is -2.76. The summed E-state index contributed by atoms with van der Waals surface area (Å²) >= 11 is 1.20. The summed E-state index contributed by atoms with van der Waals surface area (Å²) in [7, 11) is -3.29. The Balaban J connectivity index is 1.87. The normalized spacial score (nSPS) is 11.2. The van der Waals surface area contributed by atoms with Crippen LogP contribution in [0.1, 0.15) is 15.9 Å². The maximum Gasteiger partial charge on any atom is 0.257 e. The molecule has 2 aromatic carbocycles. The molecule has 0 aliphatic rings. The van der Waals surface area contributed by atoms with E-state index in [-0.39, 0.29) is 10.8 Å². The van der Waals surface area contributed by atoms with Gasteiger partial charge in [0.15, 0.2) is 15.0 Å². The van der Waals surface area contributed by atoms with Crippen LogP contribution in [0.3, 0.4) is 0 Å². The molecule has 1 aromatic heterocycles. The number of nitrogens with zero attached hydrogens (tertiary/aromatic N) is 2. The zero-order valence-electron chi connectivity index (χ0n) is 12.5. The molecule has 0 saturated carbocycles. The van der Waals surface area contributed by atoms with E-state index in [0.29, 0.717) is 26.5 Å². The smallest absolute Gasteiger partial charge is 0.257 e. The molecule has 24 heavy (non-hydrogen) atoms. The summed E-state index contributed by atoms with van der Waals surface area (Å²) in [5, 5.41) is 11.8. The topological polar surface area (TPSA) is 99.9 Å². The molecule has 3 rings (SSSR count). The lowest BCUT2D eigenvalue weighted by Crippen LogP contribution is -2.11. The molecule has 1 heterocycles. The number of nitrogens with one attached hydrogen (secondary N) is 1. The SMILES string of the molecule is CS(=O)(=O)c1ccc2nc(NC(=O)c3ccc(C#N)cc3)sc2c1. The Morgan fingerprint density at radius 3 is 2.54 bits per heavy atom. The number of rotatable bonds is 3. The highest BCUT2D eigenvalue weighted by atomic mass is 32.2. The zero-order chi connectivity index (χ0) is 17.3. The molecule has 0 saturated heterocycles. The van der Waals surface area contributed by atoms with Crippen molar-refractivity contribution in [3.8, 4) is 6.07 Å². The second-order valence-corrected chi connectivity index (χ2v) is 8.11. The number of benzene rings is 2. The van der Waals surface area contributed by atoms with Crippen LogP contribution in [0, 0.1) is 11.3 Å². The Labute approximate surface area is 142 Å². The van der Waals surface area contributed by atoms with E-state index in [1.54, 1.807) is 36.4 Å². The van der Waals surface area contributed by atoms with Crippen molar-refractivity contribution in [1.82, 2.24) is 4.98 Å². The van der Waals surface area contributed by atoms with Gasteiger partial charge in [-0.3, -0.25) is 10.1 Å². The Kier molecular flexibility index (Phi) is 4.05. The van der Waals surface area contributed by atoms with Crippen LogP contribution in [0.25, 0.3) is 10.2 Å². The quantitative estimate of drug-likeness (QED) is 0.777. The molecule has 1 amide bonds. The average Bonchev–Trinajstić information content (AvgIpc) is 2.95. The van der Waals surface area contributed by atoms with Crippen LogP contribution in [0.5, 0.6) is 0 Å². The van der Waals surface area contributed by atoms with Gasteiger partial charge in [0.1, 0.15) is 0 Å². The monoisotopic (exact) mass is 357 g/mol. The van der Waals surface area contributed by atoms with Crippen LogP contribution in [-0.2, 0) is 9.84 Å². The van der Waals surface area contributed by atoms with E-state index in [0.717, 1.165) is 6.26 Å². The van der Waals surface area contributed by atoms with E-state index in [1.165, 1.54) is 17.4 Å². The van der Waals surface area contributed by atoms with Crippen molar-refractivity contribution in [1.29, 1.82) is 5.26 Å². The first-order chi connectivity index (χ1) is 11.4. The fourth-order valence-corrected chi connectivity index (χ4v) is 3.68. The minimum atomic E-state index is -3.29. The zero-order valence-corrected chi connectivity index (χ0v) is 14.1. The summed E-state index contributed by atoms with van der Waals surface area (Å²) in [6, 6.07) is 12.9. The van der Waals surface area contributed by atoms with Gasteiger partial charge in [0.25, 0.3) is 5.91 Å². The van der Waals surface area contributed by atoms with Crippen molar-refractivity contribution in [2.24, 2.45) is 0 Å². The van der Waals surface area contributed by atoms with Crippen molar-refractivity contribution in [3.63, 3.8) is 0 Å².